The van der Waals surface area contributed by atoms with Crippen molar-refractivity contribution in [1.29, 1.82) is 0 Å². The maximum atomic E-state index is 11.7. The largest absolute Gasteiger partial charge is 0.330 e. The van der Waals surface area contributed by atoms with Crippen LogP contribution in [0.25, 0.3) is 0 Å². The van der Waals surface area contributed by atoms with Crippen LogP contribution in [0.5, 0.6) is 0 Å². The van der Waals surface area contributed by atoms with Crippen LogP contribution < -0.4 is 5.73 Å². The first-order valence-electron chi connectivity index (χ1n) is 4.89. The Bertz CT molecular complexity index is 272. The van der Waals surface area contributed by atoms with Gasteiger partial charge in [0.15, 0.2) is 0 Å². The van der Waals surface area contributed by atoms with E-state index in [0.717, 1.165) is 17.8 Å². The minimum atomic E-state index is 0.0175. The van der Waals surface area contributed by atoms with Crippen molar-refractivity contribution in [3.05, 3.63) is 16.6 Å². The molecule has 78 valence electrons. The van der Waals surface area contributed by atoms with Crippen molar-refractivity contribution in [2.24, 2.45) is 11.7 Å². The predicted octanol–water partition coefficient (Wildman–Crippen LogP) is 1.63. The van der Waals surface area contributed by atoms with E-state index in [4.69, 9.17) is 5.73 Å². The molecule has 1 rings (SSSR count). The van der Waals surface area contributed by atoms with Crippen molar-refractivity contribution in [2.75, 3.05) is 6.54 Å². The SMILES string of the molecule is CCCC(CN)C(=O)Cc1nccs1. The molecule has 1 atom stereocenters. The van der Waals surface area contributed by atoms with Gasteiger partial charge in [0.1, 0.15) is 5.78 Å². The summed E-state index contributed by atoms with van der Waals surface area (Å²) in [5.74, 6) is 0.244. The summed E-state index contributed by atoms with van der Waals surface area (Å²) >= 11 is 1.52. The standard InChI is InChI=1S/C10H16N2OS/c1-2-3-8(7-11)9(13)6-10-12-4-5-14-10/h4-5,8H,2-3,6-7,11H2,1H3. The van der Waals surface area contributed by atoms with Gasteiger partial charge in [-0.1, -0.05) is 13.3 Å². The highest BCUT2D eigenvalue weighted by atomic mass is 32.1. The molecule has 0 aliphatic heterocycles. The zero-order valence-corrected chi connectivity index (χ0v) is 9.22. The number of Topliss-reactive ketones (excluding diaryl/α,β-unsaturated/α-hetero) is 1. The summed E-state index contributed by atoms with van der Waals surface area (Å²) < 4.78 is 0. The number of aromatic nitrogens is 1. The normalized spacial score (nSPS) is 12.7. The Hall–Kier alpha value is -0.740. The van der Waals surface area contributed by atoms with E-state index in [1.165, 1.54) is 11.3 Å². The Morgan fingerprint density at radius 1 is 1.71 bits per heavy atom. The molecule has 0 spiro atoms. The number of thiazole rings is 1. The summed E-state index contributed by atoms with van der Waals surface area (Å²) in [5.41, 5.74) is 5.55. The molecule has 4 heteroatoms. The number of nitrogens with zero attached hydrogens (tertiary/aromatic N) is 1. The Labute approximate surface area is 88.3 Å². The summed E-state index contributed by atoms with van der Waals surface area (Å²) in [6, 6.07) is 0. The first-order chi connectivity index (χ1) is 6.77. The van der Waals surface area contributed by atoms with Crippen molar-refractivity contribution in [2.45, 2.75) is 26.2 Å². The van der Waals surface area contributed by atoms with E-state index in [1.807, 2.05) is 5.38 Å². The van der Waals surface area contributed by atoms with Crippen LogP contribution in [0, 0.1) is 5.92 Å². The Kier molecular flexibility index (Phi) is 4.76. The summed E-state index contributed by atoms with van der Waals surface area (Å²) in [6.45, 7) is 2.53. The third kappa shape index (κ3) is 3.20. The molecular weight excluding hydrogens is 196 g/mol. The minimum absolute atomic E-state index is 0.0175. The fraction of sp³-hybridized carbons (Fsp3) is 0.600. The number of rotatable bonds is 6. The fourth-order valence-corrected chi connectivity index (χ4v) is 2.02. The van der Waals surface area contributed by atoms with Crippen LogP contribution in [0.4, 0.5) is 0 Å². The molecule has 2 N–H and O–H groups in total. The summed E-state index contributed by atoms with van der Waals surface area (Å²) in [5, 5.41) is 2.78. The van der Waals surface area contributed by atoms with E-state index in [-0.39, 0.29) is 11.7 Å². The van der Waals surface area contributed by atoms with Gasteiger partial charge in [-0.25, -0.2) is 4.98 Å². The second kappa shape index (κ2) is 5.88. The molecule has 3 nitrogen and oxygen atoms in total. The molecule has 0 saturated heterocycles. The number of hydrogen-bond donors (Lipinski definition) is 1. The van der Waals surface area contributed by atoms with Gasteiger partial charge in [-0.3, -0.25) is 4.79 Å². The monoisotopic (exact) mass is 212 g/mol. The number of hydrogen-bond acceptors (Lipinski definition) is 4. The number of ketones is 1. The lowest BCUT2D eigenvalue weighted by Crippen LogP contribution is -2.24. The quantitative estimate of drug-likeness (QED) is 0.779. The van der Waals surface area contributed by atoms with Gasteiger partial charge in [-0.2, -0.15) is 0 Å². The molecule has 0 aliphatic carbocycles. The van der Waals surface area contributed by atoms with Gasteiger partial charge in [-0.15, -0.1) is 11.3 Å². The first kappa shape index (κ1) is 11.3. The Morgan fingerprint density at radius 2 is 2.50 bits per heavy atom. The summed E-state index contributed by atoms with van der Waals surface area (Å²) in [6.07, 6.45) is 4.07. The third-order valence-electron chi connectivity index (χ3n) is 2.19. The van der Waals surface area contributed by atoms with Crippen LogP contribution in [0.15, 0.2) is 11.6 Å². The van der Waals surface area contributed by atoms with E-state index < -0.39 is 0 Å². The number of carbonyl (C=O) groups is 1. The van der Waals surface area contributed by atoms with Crippen molar-refractivity contribution in [1.82, 2.24) is 4.98 Å². The molecule has 0 amide bonds. The van der Waals surface area contributed by atoms with E-state index in [9.17, 15) is 4.79 Å². The Morgan fingerprint density at radius 3 is 3.00 bits per heavy atom. The molecule has 0 aromatic carbocycles. The first-order valence-corrected chi connectivity index (χ1v) is 5.77. The second-order valence-corrected chi connectivity index (χ2v) is 4.27. The van der Waals surface area contributed by atoms with Gasteiger partial charge >= 0.3 is 0 Å². The molecular formula is C10H16N2OS. The maximum Gasteiger partial charge on any atom is 0.144 e. The molecule has 0 saturated carbocycles. The molecule has 1 aromatic rings. The summed E-state index contributed by atoms with van der Waals surface area (Å²) in [7, 11) is 0. The second-order valence-electron chi connectivity index (χ2n) is 3.29. The molecule has 14 heavy (non-hydrogen) atoms. The van der Waals surface area contributed by atoms with Gasteiger partial charge in [0.2, 0.25) is 0 Å². The van der Waals surface area contributed by atoms with Gasteiger partial charge in [0.25, 0.3) is 0 Å². The van der Waals surface area contributed by atoms with Crippen LogP contribution >= 0.6 is 11.3 Å². The molecule has 0 radical (unpaired) electrons. The maximum absolute atomic E-state index is 11.7. The Balaban J connectivity index is 2.47. The van der Waals surface area contributed by atoms with Crippen molar-refractivity contribution >= 4 is 17.1 Å². The van der Waals surface area contributed by atoms with Gasteiger partial charge in [-0.05, 0) is 6.42 Å². The molecule has 1 unspecified atom stereocenters. The van der Waals surface area contributed by atoms with E-state index in [1.54, 1.807) is 6.20 Å². The van der Waals surface area contributed by atoms with Crippen LogP contribution in [0.2, 0.25) is 0 Å². The lowest BCUT2D eigenvalue weighted by atomic mass is 9.97. The predicted molar refractivity (Wildman–Crippen MR) is 58.3 cm³/mol. The lowest BCUT2D eigenvalue weighted by molar-refractivity contribution is -0.122. The van der Waals surface area contributed by atoms with Crippen molar-refractivity contribution in [3.63, 3.8) is 0 Å². The van der Waals surface area contributed by atoms with Gasteiger partial charge in [0, 0.05) is 24.0 Å². The van der Waals surface area contributed by atoms with Crippen molar-refractivity contribution in [3.8, 4) is 0 Å². The minimum Gasteiger partial charge on any atom is -0.330 e. The van der Waals surface area contributed by atoms with E-state index >= 15 is 0 Å². The average molecular weight is 212 g/mol. The highest BCUT2D eigenvalue weighted by Crippen LogP contribution is 2.12. The van der Waals surface area contributed by atoms with Crippen LogP contribution in [-0.4, -0.2) is 17.3 Å². The lowest BCUT2D eigenvalue weighted by Gasteiger charge is -2.10. The topological polar surface area (TPSA) is 56.0 Å². The fourth-order valence-electron chi connectivity index (χ4n) is 1.39. The van der Waals surface area contributed by atoms with Crippen LogP contribution in [-0.2, 0) is 11.2 Å². The third-order valence-corrected chi connectivity index (χ3v) is 2.97. The van der Waals surface area contributed by atoms with Gasteiger partial charge < -0.3 is 5.73 Å². The molecule has 0 aliphatic rings. The van der Waals surface area contributed by atoms with Crippen LogP contribution in [0.3, 0.4) is 0 Å². The highest BCUT2D eigenvalue weighted by Gasteiger charge is 2.16. The zero-order valence-electron chi connectivity index (χ0n) is 8.40. The van der Waals surface area contributed by atoms with E-state index in [2.05, 4.69) is 11.9 Å². The highest BCUT2D eigenvalue weighted by molar-refractivity contribution is 7.09. The average Bonchev–Trinajstić information content (AvgIpc) is 2.66. The smallest absolute Gasteiger partial charge is 0.144 e. The number of carbonyl (C=O) groups excluding carboxylic acids is 1. The molecule has 0 bridgehead atoms. The summed E-state index contributed by atoms with van der Waals surface area (Å²) in [4.78, 5) is 15.8. The van der Waals surface area contributed by atoms with Crippen molar-refractivity contribution < 1.29 is 4.79 Å². The van der Waals surface area contributed by atoms with E-state index in [0.29, 0.717) is 13.0 Å². The number of nitrogens with two attached hydrogens (primary N) is 1. The van der Waals surface area contributed by atoms with Gasteiger partial charge in [0.05, 0.1) is 11.4 Å². The van der Waals surface area contributed by atoms with Crippen LogP contribution in [0.1, 0.15) is 24.8 Å². The molecule has 0 fully saturated rings. The molecule has 1 heterocycles. The molecule has 1 aromatic heterocycles. The zero-order chi connectivity index (χ0) is 10.4.